The maximum Gasteiger partial charge on any atom is 0.236 e. The van der Waals surface area contributed by atoms with Crippen LogP contribution in [0.15, 0.2) is 73.1 Å². The van der Waals surface area contributed by atoms with Gasteiger partial charge in [0.1, 0.15) is 11.5 Å². The van der Waals surface area contributed by atoms with Gasteiger partial charge in [-0.25, -0.2) is 17.8 Å². The predicted octanol–water partition coefficient (Wildman–Crippen LogP) is 4.39. The molecule has 2 heterocycles. The van der Waals surface area contributed by atoms with Crippen LogP contribution in [0.5, 0.6) is 0 Å². The molecule has 0 bridgehead atoms. The summed E-state index contributed by atoms with van der Waals surface area (Å²) in [4.78, 5) is 4.60. The molecule has 0 aliphatic rings. The van der Waals surface area contributed by atoms with Gasteiger partial charge >= 0.3 is 0 Å². The molecular formula is C21H18FN3O2S. The Balaban J connectivity index is 1.59. The first-order valence-corrected chi connectivity index (χ1v) is 10.3. The Kier molecular flexibility index (Phi) is 4.60. The largest absolute Gasteiger partial charge is 0.306 e. The van der Waals surface area contributed by atoms with E-state index in [2.05, 4.69) is 9.71 Å². The minimum Gasteiger partial charge on any atom is -0.306 e. The average Bonchev–Trinajstić information content (AvgIpc) is 3.04. The van der Waals surface area contributed by atoms with Crippen LogP contribution in [0, 0.1) is 12.7 Å². The van der Waals surface area contributed by atoms with Gasteiger partial charge in [0.25, 0.3) is 0 Å². The van der Waals surface area contributed by atoms with Crippen LogP contribution in [-0.4, -0.2) is 17.8 Å². The lowest BCUT2D eigenvalue weighted by Crippen LogP contribution is -2.15. The molecule has 7 heteroatoms. The van der Waals surface area contributed by atoms with E-state index in [9.17, 15) is 12.8 Å². The van der Waals surface area contributed by atoms with Crippen LogP contribution in [0.4, 0.5) is 10.1 Å². The van der Waals surface area contributed by atoms with E-state index < -0.39 is 15.8 Å². The van der Waals surface area contributed by atoms with Crippen LogP contribution in [0.2, 0.25) is 0 Å². The van der Waals surface area contributed by atoms with Crippen molar-refractivity contribution in [3.63, 3.8) is 0 Å². The van der Waals surface area contributed by atoms with Gasteiger partial charge in [-0.2, -0.15) is 0 Å². The van der Waals surface area contributed by atoms with Crippen molar-refractivity contribution in [2.24, 2.45) is 0 Å². The molecule has 0 aliphatic carbocycles. The highest BCUT2D eigenvalue weighted by atomic mass is 32.2. The Morgan fingerprint density at radius 3 is 2.71 bits per heavy atom. The summed E-state index contributed by atoms with van der Waals surface area (Å²) in [6.45, 7) is 2.00. The summed E-state index contributed by atoms with van der Waals surface area (Å²) < 4.78 is 42.7. The molecule has 0 amide bonds. The van der Waals surface area contributed by atoms with Gasteiger partial charge in [-0.05, 0) is 54.4 Å². The normalized spacial score (nSPS) is 11.6. The summed E-state index contributed by atoms with van der Waals surface area (Å²) in [6, 6.07) is 16.6. The smallest absolute Gasteiger partial charge is 0.236 e. The number of benzene rings is 2. The number of rotatable bonds is 5. The fraction of sp³-hybridized carbons (Fsp3) is 0.0952. The second kappa shape index (κ2) is 7.09. The molecule has 4 aromatic rings. The monoisotopic (exact) mass is 395 g/mol. The fourth-order valence-corrected chi connectivity index (χ4v) is 4.20. The van der Waals surface area contributed by atoms with Crippen LogP contribution in [0.3, 0.4) is 0 Å². The molecule has 2 aromatic heterocycles. The van der Waals surface area contributed by atoms with Crippen LogP contribution < -0.4 is 4.72 Å². The number of fused-ring (bicyclic) bond motifs is 1. The minimum absolute atomic E-state index is 0.303. The van der Waals surface area contributed by atoms with Gasteiger partial charge in [-0.3, -0.25) is 4.72 Å². The Morgan fingerprint density at radius 2 is 1.89 bits per heavy atom. The quantitative estimate of drug-likeness (QED) is 0.545. The van der Waals surface area contributed by atoms with Gasteiger partial charge in [-0.1, -0.05) is 24.3 Å². The molecule has 2 aromatic carbocycles. The molecule has 0 unspecified atom stereocenters. The number of aryl methyl sites for hydroxylation is 1. The van der Waals surface area contributed by atoms with Gasteiger partial charge in [0, 0.05) is 23.6 Å². The number of anilines is 1. The lowest BCUT2D eigenvalue weighted by molar-refractivity contribution is 0.599. The first-order chi connectivity index (χ1) is 13.4. The third-order valence-corrected chi connectivity index (χ3v) is 5.55. The highest BCUT2D eigenvalue weighted by Crippen LogP contribution is 2.24. The van der Waals surface area contributed by atoms with E-state index in [4.69, 9.17) is 0 Å². The molecule has 1 N–H and O–H groups in total. The molecule has 0 saturated heterocycles. The highest BCUT2D eigenvalue weighted by Gasteiger charge is 2.13. The molecule has 0 atom stereocenters. The Bertz CT molecular complexity index is 1270. The SMILES string of the molecule is Cc1ccn2cc(-c3cccc(NS(=O)(=O)Cc4cccc(F)c4)c3)nc2c1. The van der Waals surface area contributed by atoms with E-state index in [1.54, 1.807) is 24.3 Å². The molecule has 0 radical (unpaired) electrons. The van der Waals surface area contributed by atoms with Crippen molar-refractivity contribution in [3.05, 3.63) is 90.0 Å². The molecule has 0 saturated carbocycles. The summed E-state index contributed by atoms with van der Waals surface area (Å²) in [5, 5.41) is 0. The summed E-state index contributed by atoms with van der Waals surface area (Å²) in [7, 11) is -3.68. The number of nitrogens with one attached hydrogen (secondary N) is 1. The lowest BCUT2D eigenvalue weighted by atomic mass is 10.1. The summed E-state index contributed by atoms with van der Waals surface area (Å²) >= 11 is 0. The highest BCUT2D eigenvalue weighted by molar-refractivity contribution is 7.91. The number of nitrogens with zero attached hydrogens (tertiary/aromatic N) is 2. The summed E-state index contributed by atoms with van der Waals surface area (Å²) in [5.74, 6) is -0.764. The summed E-state index contributed by atoms with van der Waals surface area (Å²) in [6.07, 6.45) is 3.84. The van der Waals surface area contributed by atoms with E-state index in [0.29, 0.717) is 11.3 Å². The standard InChI is InChI=1S/C21H18FN3O2S/c1-15-8-9-25-13-20(23-21(25)10-15)17-5-3-7-19(12-17)24-28(26,27)14-16-4-2-6-18(22)11-16/h2-13,24H,14H2,1H3. The molecule has 28 heavy (non-hydrogen) atoms. The maximum atomic E-state index is 13.3. The van der Waals surface area contributed by atoms with Crippen molar-refractivity contribution >= 4 is 21.4 Å². The number of imidazole rings is 1. The number of pyridine rings is 1. The van der Waals surface area contributed by atoms with Crippen molar-refractivity contribution in [2.45, 2.75) is 12.7 Å². The Hall–Kier alpha value is -3.19. The van der Waals surface area contributed by atoms with E-state index in [1.807, 2.05) is 41.9 Å². The van der Waals surface area contributed by atoms with Gasteiger partial charge in [0.15, 0.2) is 0 Å². The van der Waals surface area contributed by atoms with Crippen molar-refractivity contribution in [3.8, 4) is 11.3 Å². The second-order valence-electron chi connectivity index (χ2n) is 6.67. The zero-order chi connectivity index (χ0) is 19.7. The predicted molar refractivity (Wildman–Crippen MR) is 108 cm³/mol. The van der Waals surface area contributed by atoms with Crippen molar-refractivity contribution in [2.75, 3.05) is 4.72 Å². The number of halogens is 1. The number of hydrogen-bond acceptors (Lipinski definition) is 3. The third kappa shape index (κ3) is 4.04. The van der Waals surface area contributed by atoms with Crippen LogP contribution in [0.25, 0.3) is 16.9 Å². The fourth-order valence-electron chi connectivity index (χ4n) is 3.03. The van der Waals surface area contributed by atoms with Gasteiger partial charge in [0.2, 0.25) is 10.0 Å². The molecular weight excluding hydrogens is 377 g/mol. The molecule has 0 fully saturated rings. The van der Waals surface area contributed by atoms with Gasteiger partial charge < -0.3 is 4.40 Å². The maximum absolute atomic E-state index is 13.3. The average molecular weight is 395 g/mol. The van der Waals surface area contributed by atoms with Crippen LogP contribution >= 0.6 is 0 Å². The molecule has 0 spiro atoms. The minimum atomic E-state index is -3.68. The third-order valence-electron chi connectivity index (χ3n) is 4.29. The van der Waals surface area contributed by atoms with E-state index in [-0.39, 0.29) is 5.75 Å². The van der Waals surface area contributed by atoms with Crippen molar-refractivity contribution in [1.82, 2.24) is 9.38 Å². The zero-order valence-corrected chi connectivity index (χ0v) is 15.9. The first kappa shape index (κ1) is 18.2. The van der Waals surface area contributed by atoms with Crippen molar-refractivity contribution in [1.29, 1.82) is 0 Å². The lowest BCUT2D eigenvalue weighted by Gasteiger charge is -2.09. The molecule has 142 valence electrons. The van der Waals surface area contributed by atoms with Gasteiger partial charge in [0.05, 0.1) is 11.4 Å². The molecule has 0 aliphatic heterocycles. The first-order valence-electron chi connectivity index (χ1n) is 8.69. The van der Waals surface area contributed by atoms with Gasteiger partial charge in [-0.15, -0.1) is 0 Å². The molecule has 5 nitrogen and oxygen atoms in total. The summed E-state index contributed by atoms with van der Waals surface area (Å²) in [5.41, 5.74) is 4.31. The van der Waals surface area contributed by atoms with Crippen LogP contribution in [0.1, 0.15) is 11.1 Å². The Labute approximate surface area is 162 Å². The zero-order valence-electron chi connectivity index (χ0n) is 15.1. The topological polar surface area (TPSA) is 63.5 Å². The Morgan fingerprint density at radius 1 is 1.07 bits per heavy atom. The van der Waals surface area contributed by atoms with Crippen molar-refractivity contribution < 1.29 is 12.8 Å². The molecule has 4 rings (SSSR count). The second-order valence-corrected chi connectivity index (χ2v) is 8.39. The number of hydrogen-bond donors (Lipinski definition) is 1. The van der Waals surface area contributed by atoms with E-state index in [1.165, 1.54) is 18.2 Å². The number of sulfonamides is 1. The van der Waals surface area contributed by atoms with Crippen LogP contribution in [-0.2, 0) is 15.8 Å². The van der Waals surface area contributed by atoms with E-state index in [0.717, 1.165) is 22.5 Å². The van der Waals surface area contributed by atoms with E-state index >= 15 is 0 Å². The number of aromatic nitrogens is 2.